The van der Waals surface area contributed by atoms with Gasteiger partial charge in [-0.1, -0.05) is 15.9 Å². The Balaban J connectivity index is 2.98. The first-order chi connectivity index (χ1) is 6.63. The molecule has 0 aliphatic carbocycles. The lowest BCUT2D eigenvalue weighted by Gasteiger charge is -1.94. The maximum absolute atomic E-state index is 8.98. The smallest absolute Gasteiger partial charge is 0.108 e. The molecule has 0 bridgehead atoms. The predicted molar refractivity (Wildman–Crippen MR) is 65.8 cm³/mol. The lowest BCUT2D eigenvalue weighted by Crippen LogP contribution is -1.91. The molecule has 70 valence electrons. The van der Waals surface area contributed by atoms with E-state index in [4.69, 9.17) is 5.26 Å². The van der Waals surface area contributed by atoms with Crippen molar-refractivity contribution in [2.24, 2.45) is 7.05 Å². The van der Waals surface area contributed by atoms with Gasteiger partial charge in [0.25, 0.3) is 0 Å². The van der Waals surface area contributed by atoms with E-state index in [1.807, 2.05) is 19.2 Å². The number of nitrogens with zero attached hydrogens (tertiary/aromatic N) is 3. The lowest BCUT2D eigenvalue weighted by atomic mass is 10.1. The molecule has 2 aromatic rings. The highest BCUT2D eigenvalue weighted by Gasteiger charge is 2.11. The molecule has 0 spiro atoms. The van der Waals surface area contributed by atoms with Crippen LogP contribution < -0.4 is 0 Å². The summed E-state index contributed by atoms with van der Waals surface area (Å²) in [4.78, 5) is 0. The van der Waals surface area contributed by atoms with Crippen molar-refractivity contribution in [2.75, 3.05) is 0 Å². The van der Waals surface area contributed by atoms with Gasteiger partial charge in [0, 0.05) is 11.5 Å². The van der Waals surface area contributed by atoms with Crippen molar-refractivity contribution in [1.29, 1.82) is 5.26 Å². The Morgan fingerprint density at radius 2 is 2.29 bits per heavy atom. The zero-order chi connectivity index (χ0) is 10.3. The fourth-order valence-corrected chi connectivity index (χ4v) is 2.46. The average molecular weight is 362 g/mol. The van der Waals surface area contributed by atoms with Crippen LogP contribution in [0.5, 0.6) is 0 Å². The highest BCUT2D eigenvalue weighted by Crippen LogP contribution is 2.26. The highest BCUT2D eigenvalue weighted by molar-refractivity contribution is 14.1. The Labute approximate surface area is 103 Å². The van der Waals surface area contributed by atoms with Crippen LogP contribution in [0.4, 0.5) is 0 Å². The number of hydrogen-bond acceptors (Lipinski definition) is 2. The maximum atomic E-state index is 8.98. The fourth-order valence-electron chi connectivity index (χ4n) is 1.34. The van der Waals surface area contributed by atoms with Crippen LogP contribution in [0.25, 0.3) is 10.9 Å². The molecule has 0 unspecified atom stereocenters. The molecule has 1 aromatic carbocycles. The van der Waals surface area contributed by atoms with Crippen molar-refractivity contribution in [3.63, 3.8) is 0 Å². The van der Waals surface area contributed by atoms with E-state index in [1.165, 1.54) is 0 Å². The molecule has 0 atom stereocenters. The molecule has 2 rings (SSSR count). The van der Waals surface area contributed by atoms with Crippen molar-refractivity contribution in [3.8, 4) is 6.07 Å². The van der Waals surface area contributed by atoms with Gasteiger partial charge in [-0.15, -0.1) is 0 Å². The summed E-state index contributed by atoms with van der Waals surface area (Å²) in [6, 6.07) is 5.90. The molecule has 0 aliphatic rings. The molecule has 0 aliphatic heterocycles. The SMILES string of the molecule is Cn1nc2cc(Br)cc(C#N)c2c1I. The molecule has 0 N–H and O–H groups in total. The third kappa shape index (κ3) is 1.42. The fraction of sp³-hybridized carbons (Fsp3) is 0.111. The summed E-state index contributed by atoms with van der Waals surface area (Å²) in [5.74, 6) is 0. The van der Waals surface area contributed by atoms with Gasteiger partial charge in [0.2, 0.25) is 0 Å². The quantitative estimate of drug-likeness (QED) is 0.677. The van der Waals surface area contributed by atoms with Crippen molar-refractivity contribution in [2.45, 2.75) is 0 Å². The van der Waals surface area contributed by atoms with E-state index in [0.29, 0.717) is 5.56 Å². The number of halogens is 2. The maximum Gasteiger partial charge on any atom is 0.108 e. The molecule has 0 amide bonds. The summed E-state index contributed by atoms with van der Waals surface area (Å²) in [7, 11) is 1.87. The van der Waals surface area contributed by atoms with Crippen LogP contribution in [-0.2, 0) is 7.05 Å². The normalized spacial score (nSPS) is 10.4. The minimum atomic E-state index is 0.659. The summed E-state index contributed by atoms with van der Waals surface area (Å²) >= 11 is 5.55. The summed E-state index contributed by atoms with van der Waals surface area (Å²) in [5.41, 5.74) is 1.51. The van der Waals surface area contributed by atoms with E-state index in [-0.39, 0.29) is 0 Å². The number of fused-ring (bicyclic) bond motifs is 1. The third-order valence-electron chi connectivity index (χ3n) is 1.95. The van der Waals surface area contributed by atoms with Crippen molar-refractivity contribution >= 4 is 49.4 Å². The molecule has 0 saturated carbocycles. The summed E-state index contributed by atoms with van der Waals surface area (Å²) < 4.78 is 3.65. The first-order valence-corrected chi connectivity index (χ1v) is 5.72. The first-order valence-electron chi connectivity index (χ1n) is 3.85. The van der Waals surface area contributed by atoms with Crippen LogP contribution in [0, 0.1) is 15.0 Å². The zero-order valence-electron chi connectivity index (χ0n) is 7.25. The van der Waals surface area contributed by atoms with Gasteiger partial charge < -0.3 is 0 Å². The topological polar surface area (TPSA) is 41.6 Å². The van der Waals surface area contributed by atoms with E-state index in [2.05, 4.69) is 49.7 Å². The van der Waals surface area contributed by atoms with Gasteiger partial charge in [0.15, 0.2) is 0 Å². The second-order valence-corrected chi connectivity index (χ2v) is 4.81. The second kappa shape index (κ2) is 3.51. The summed E-state index contributed by atoms with van der Waals surface area (Å²) in [6.45, 7) is 0. The van der Waals surface area contributed by atoms with E-state index in [9.17, 15) is 0 Å². The Bertz CT molecular complexity index is 553. The molecule has 3 nitrogen and oxygen atoms in total. The summed E-state index contributed by atoms with van der Waals surface area (Å²) in [5, 5.41) is 14.2. The molecule has 1 heterocycles. The van der Waals surface area contributed by atoms with E-state index >= 15 is 0 Å². The minimum absolute atomic E-state index is 0.659. The van der Waals surface area contributed by atoms with Gasteiger partial charge in [-0.3, -0.25) is 4.68 Å². The Hall–Kier alpha value is -0.610. The monoisotopic (exact) mass is 361 g/mol. The Morgan fingerprint density at radius 1 is 1.57 bits per heavy atom. The second-order valence-electron chi connectivity index (χ2n) is 2.87. The van der Waals surface area contributed by atoms with Crippen LogP contribution in [0.2, 0.25) is 0 Å². The molecule has 1 aromatic heterocycles. The standard InChI is InChI=1S/C9H5BrIN3/c1-14-9(11)8-5(4-12)2-6(10)3-7(8)13-14/h2-3H,1H3. The van der Waals surface area contributed by atoms with Crippen molar-refractivity contribution < 1.29 is 0 Å². The van der Waals surface area contributed by atoms with Crippen LogP contribution >= 0.6 is 38.5 Å². The van der Waals surface area contributed by atoms with Gasteiger partial charge in [-0.25, -0.2) is 0 Å². The van der Waals surface area contributed by atoms with Crippen LogP contribution in [-0.4, -0.2) is 9.78 Å². The van der Waals surface area contributed by atoms with Crippen LogP contribution in [0.3, 0.4) is 0 Å². The Morgan fingerprint density at radius 3 is 2.93 bits per heavy atom. The van der Waals surface area contributed by atoms with E-state index in [0.717, 1.165) is 19.1 Å². The number of aromatic nitrogens is 2. The van der Waals surface area contributed by atoms with Gasteiger partial charge in [-0.2, -0.15) is 10.4 Å². The van der Waals surface area contributed by atoms with Gasteiger partial charge >= 0.3 is 0 Å². The highest BCUT2D eigenvalue weighted by atomic mass is 127. The molecule has 0 radical (unpaired) electrons. The Kier molecular flexibility index (Phi) is 2.49. The number of rotatable bonds is 0. The first kappa shape index (κ1) is 9.93. The summed E-state index contributed by atoms with van der Waals surface area (Å²) in [6.07, 6.45) is 0. The van der Waals surface area contributed by atoms with Crippen molar-refractivity contribution in [1.82, 2.24) is 9.78 Å². The van der Waals surface area contributed by atoms with Gasteiger partial charge in [-0.05, 0) is 34.7 Å². The van der Waals surface area contributed by atoms with Crippen molar-refractivity contribution in [3.05, 3.63) is 25.9 Å². The van der Waals surface area contributed by atoms with E-state index < -0.39 is 0 Å². The molecule has 0 saturated heterocycles. The minimum Gasteiger partial charge on any atom is -0.261 e. The molecular weight excluding hydrogens is 357 g/mol. The van der Waals surface area contributed by atoms with E-state index in [1.54, 1.807) is 4.68 Å². The van der Waals surface area contributed by atoms with Crippen LogP contribution in [0.15, 0.2) is 16.6 Å². The average Bonchev–Trinajstić information content (AvgIpc) is 2.41. The predicted octanol–water partition coefficient (Wildman–Crippen LogP) is 2.81. The largest absolute Gasteiger partial charge is 0.261 e. The lowest BCUT2D eigenvalue weighted by molar-refractivity contribution is 0.759. The van der Waals surface area contributed by atoms with Gasteiger partial charge in [0.1, 0.15) is 3.70 Å². The molecule has 14 heavy (non-hydrogen) atoms. The van der Waals surface area contributed by atoms with Gasteiger partial charge in [0.05, 0.1) is 22.5 Å². The molecule has 5 heteroatoms. The molecule has 0 fully saturated rings. The number of hydrogen-bond donors (Lipinski definition) is 0. The number of benzene rings is 1. The number of aryl methyl sites for hydroxylation is 1. The third-order valence-corrected chi connectivity index (χ3v) is 3.65. The number of nitriles is 1. The molecular formula is C9H5BrIN3. The van der Waals surface area contributed by atoms with Crippen LogP contribution in [0.1, 0.15) is 5.56 Å². The zero-order valence-corrected chi connectivity index (χ0v) is 11.0.